The number of benzene rings is 1. The minimum Gasteiger partial charge on any atom is -0.493 e. The third-order valence-electron chi connectivity index (χ3n) is 5.96. The number of carbonyl (C=O) groups excluding carboxylic acids is 1. The lowest BCUT2D eigenvalue weighted by Gasteiger charge is -2.37. The van der Waals surface area contributed by atoms with E-state index in [4.69, 9.17) is 9.47 Å². The van der Waals surface area contributed by atoms with Gasteiger partial charge in [-0.3, -0.25) is 9.69 Å². The average molecular weight is 371 g/mol. The van der Waals surface area contributed by atoms with Crippen LogP contribution >= 0.6 is 0 Å². The van der Waals surface area contributed by atoms with Crippen LogP contribution in [0.2, 0.25) is 0 Å². The van der Waals surface area contributed by atoms with Crippen LogP contribution in [-0.2, 0) is 17.8 Å². The Morgan fingerprint density at radius 3 is 2.41 bits per heavy atom. The Labute approximate surface area is 161 Å². The number of carbonyl (C=O) groups is 1. The van der Waals surface area contributed by atoms with E-state index in [0.29, 0.717) is 12.3 Å². The highest BCUT2D eigenvalue weighted by Gasteiger charge is 2.36. The fourth-order valence-corrected chi connectivity index (χ4v) is 4.16. The zero-order valence-electron chi connectivity index (χ0n) is 16.5. The molecule has 6 nitrogen and oxygen atoms in total. The fraction of sp³-hybridized carbons (Fsp3) is 0.619. The maximum absolute atomic E-state index is 12.9. The van der Waals surface area contributed by atoms with Crippen LogP contribution in [0.3, 0.4) is 0 Å². The van der Waals surface area contributed by atoms with Crippen LogP contribution in [0.15, 0.2) is 12.1 Å². The number of fused-ring (bicyclic) bond motifs is 1. The first-order valence-electron chi connectivity index (χ1n) is 9.73. The van der Waals surface area contributed by atoms with E-state index >= 15 is 0 Å². The molecule has 1 aromatic carbocycles. The highest BCUT2D eigenvalue weighted by atomic mass is 16.5. The number of rotatable bonds is 5. The van der Waals surface area contributed by atoms with Gasteiger partial charge in [0.25, 0.3) is 0 Å². The molecule has 1 saturated carbocycles. The molecule has 1 heterocycles. The molecule has 1 atom stereocenters. The van der Waals surface area contributed by atoms with Gasteiger partial charge in [0.2, 0.25) is 5.91 Å². The fourth-order valence-electron chi connectivity index (χ4n) is 4.16. The lowest BCUT2D eigenvalue weighted by molar-refractivity contribution is -0.128. The maximum atomic E-state index is 12.9. The van der Waals surface area contributed by atoms with Crippen molar-refractivity contribution in [1.82, 2.24) is 10.2 Å². The summed E-state index contributed by atoms with van der Waals surface area (Å²) in [5, 5.41) is 12.7. The van der Waals surface area contributed by atoms with Gasteiger partial charge in [-0.25, -0.2) is 0 Å². The van der Waals surface area contributed by atoms with Crippen molar-refractivity contribution in [3.8, 4) is 17.6 Å². The summed E-state index contributed by atoms with van der Waals surface area (Å²) in [4.78, 5) is 15.0. The summed E-state index contributed by atoms with van der Waals surface area (Å²) in [7, 11) is 3.27. The van der Waals surface area contributed by atoms with Crippen LogP contribution < -0.4 is 14.8 Å². The van der Waals surface area contributed by atoms with Crippen LogP contribution in [0.1, 0.15) is 50.2 Å². The van der Waals surface area contributed by atoms with Gasteiger partial charge in [-0.05, 0) is 49.4 Å². The summed E-state index contributed by atoms with van der Waals surface area (Å²) >= 11 is 0. The van der Waals surface area contributed by atoms with E-state index in [9.17, 15) is 10.1 Å². The van der Waals surface area contributed by atoms with Crippen molar-refractivity contribution in [2.75, 3.05) is 20.8 Å². The van der Waals surface area contributed by atoms with Crippen LogP contribution in [0, 0.1) is 11.3 Å². The van der Waals surface area contributed by atoms with E-state index in [2.05, 4.69) is 16.3 Å². The number of nitrogens with zero attached hydrogens (tertiary/aromatic N) is 2. The van der Waals surface area contributed by atoms with Gasteiger partial charge in [0.05, 0.1) is 26.3 Å². The Kier molecular flexibility index (Phi) is 5.91. The second kappa shape index (κ2) is 8.18. The van der Waals surface area contributed by atoms with Gasteiger partial charge < -0.3 is 14.8 Å². The molecule has 1 aliphatic heterocycles. The standard InChI is InChI=1S/C21H29N3O3/c1-15(20(25)23-21(14-22)8-5-4-6-9-21)24-10-7-16-11-18(26-2)19(27-3)12-17(16)13-24/h11-12,15H,4-10,13H2,1-3H3,(H,23,25). The summed E-state index contributed by atoms with van der Waals surface area (Å²) in [5.74, 6) is 1.40. The number of nitriles is 1. The third-order valence-corrected chi connectivity index (χ3v) is 5.96. The summed E-state index contributed by atoms with van der Waals surface area (Å²) in [5.41, 5.74) is 1.71. The minimum atomic E-state index is -0.687. The van der Waals surface area contributed by atoms with Gasteiger partial charge in [-0.2, -0.15) is 5.26 Å². The molecule has 0 bridgehead atoms. The summed E-state index contributed by atoms with van der Waals surface area (Å²) in [6.45, 7) is 3.41. The van der Waals surface area contributed by atoms with Crippen LogP contribution in [0.5, 0.6) is 11.5 Å². The van der Waals surface area contributed by atoms with E-state index in [1.54, 1.807) is 14.2 Å². The van der Waals surface area contributed by atoms with Gasteiger partial charge in [-0.1, -0.05) is 19.3 Å². The minimum absolute atomic E-state index is 0.0534. The van der Waals surface area contributed by atoms with Crippen LogP contribution in [0.25, 0.3) is 0 Å². The topological polar surface area (TPSA) is 74.6 Å². The molecule has 1 unspecified atom stereocenters. The molecule has 1 aliphatic carbocycles. The van der Waals surface area contributed by atoms with E-state index in [-0.39, 0.29) is 11.9 Å². The lowest BCUT2D eigenvalue weighted by Crippen LogP contribution is -2.55. The van der Waals surface area contributed by atoms with Crippen LogP contribution in [0.4, 0.5) is 0 Å². The van der Waals surface area contributed by atoms with E-state index in [1.807, 2.05) is 19.1 Å². The van der Waals surface area contributed by atoms with Crippen molar-refractivity contribution in [3.05, 3.63) is 23.3 Å². The predicted molar refractivity (Wildman–Crippen MR) is 103 cm³/mol. The third kappa shape index (κ3) is 4.03. The molecule has 2 aliphatic rings. The predicted octanol–water partition coefficient (Wildman–Crippen LogP) is 2.79. The van der Waals surface area contributed by atoms with Gasteiger partial charge in [0.1, 0.15) is 5.54 Å². The summed E-state index contributed by atoms with van der Waals surface area (Å²) < 4.78 is 10.8. The molecule has 1 amide bonds. The van der Waals surface area contributed by atoms with Gasteiger partial charge >= 0.3 is 0 Å². The first-order chi connectivity index (χ1) is 13.0. The Hall–Kier alpha value is -2.26. The highest BCUT2D eigenvalue weighted by Crippen LogP contribution is 2.34. The Bertz CT molecular complexity index is 735. The average Bonchev–Trinajstić information content (AvgIpc) is 2.72. The molecular formula is C21H29N3O3. The highest BCUT2D eigenvalue weighted by molar-refractivity contribution is 5.82. The molecule has 6 heteroatoms. The second-order valence-electron chi connectivity index (χ2n) is 7.62. The first kappa shape index (κ1) is 19.5. The summed E-state index contributed by atoms with van der Waals surface area (Å²) in [6.07, 6.45) is 5.51. The molecular weight excluding hydrogens is 342 g/mol. The SMILES string of the molecule is COc1cc2c(cc1OC)CN(C(C)C(=O)NC1(C#N)CCCCC1)CC2. The van der Waals surface area contributed by atoms with Crippen molar-refractivity contribution >= 4 is 5.91 Å². The van der Waals surface area contributed by atoms with Gasteiger partial charge in [0.15, 0.2) is 11.5 Å². The number of amides is 1. The quantitative estimate of drug-likeness (QED) is 0.861. The molecule has 146 valence electrons. The van der Waals surface area contributed by atoms with Crippen molar-refractivity contribution in [2.45, 2.75) is 63.6 Å². The zero-order chi connectivity index (χ0) is 19.4. The number of nitrogens with one attached hydrogen (secondary N) is 1. The maximum Gasteiger partial charge on any atom is 0.238 e. The van der Waals surface area contributed by atoms with Crippen LogP contribution in [-0.4, -0.2) is 43.2 Å². The molecule has 1 fully saturated rings. The van der Waals surface area contributed by atoms with E-state index in [1.165, 1.54) is 5.56 Å². The molecule has 1 N–H and O–H groups in total. The normalized spacial score (nSPS) is 20.1. The number of hydrogen-bond donors (Lipinski definition) is 1. The molecule has 3 rings (SSSR count). The smallest absolute Gasteiger partial charge is 0.238 e. The Morgan fingerprint density at radius 1 is 1.19 bits per heavy atom. The molecule has 0 radical (unpaired) electrons. The second-order valence-corrected chi connectivity index (χ2v) is 7.62. The molecule has 0 saturated heterocycles. The van der Waals surface area contributed by atoms with Crippen molar-refractivity contribution < 1.29 is 14.3 Å². The number of methoxy groups -OCH3 is 2. The zero-order valence-corrected chi connectivity index (χ0v) is 16.5. The Morgan fingerprint density at radius 2 is 1.81 bits per heavy atom. The number of ether oxygens (including phenoxy) is 2. The molecule has 27 heavy (non-hydrogen) atoms. The van der Waals surface area contributed by atoms with Crippen molar-refractivity contribution in [1.29, 1.82) is 5.26 Å². The van der Waals surface area contributed by atoms with E-state index in [0.717, 1.165) is 56.4 Å². The number of hydrogen-bond acceptors (Lipinski definition) is 5. The Balaban J connectivity index is 1.70. The van der Waals surface area contributed by atoms with Gasteiger partial charge in [0, 0.05) is 13.1 Å². The lowest BCUT2D eigenvalue weighted by atomic mass is 9.82. The largest absolute Gasteiger partial charge is 0.493 e. The molecule has 1 aromatic rings. The molecule has 0 aromatic heterocycles. The van der Waals surface area contributed by atoms with Crippen molar-refractivity contribution in [3.63, 3.8) is 0 Å². The first-order valence-corrected chi connectivity index (χ1v) is 9.73. The van der Waals surface area contributed by atoms with Gasteiger partial charge in [-0.15, -0.1) is 0 Å². The summed E-state index contributed by atoms with van der Waals surface area (Å²) in [6, 6.07) is 6.12. The molecule has 0 spiro atoms. The monoisotopic (exact) mass is 371 g/mol. The van der Waals surface area contributed by atoms with E-state index < -0.39 is 5.54 Å². The van der Waals surface area contributed by atoms with Crippen molar-refractivity contribution in [2.24, 2.45) is 0 Å².